The van der Waals surface area contributed by atoms with Gasteiger partial charge in [0.25, 0.3) is 0 Å². The van der Waals surface area contributed by atoms with Crippen molar-refractivity contribution in [3.05, 3.63) is 17.3 Å². The van der Waals surface area contributed by atoms with Gasteiger partial charge in [-0.25, -0.2) is 9.97 Å². The van der Waals surface area contributed by atoms with E-state index in [0.717, 1.165) is 0 Å². The molecular weight excluding hydrogens is 307 g/mol. The maximum Gasteiger partial charge on any atom is 0.350 e. The number of H-pyrrole nitrogens is 1. The molecule has 0 spiro atoms. The van der Waals surface area contributed by atoms with E-state index < -0.39 is 20.0 Å². The Morgan fingerprint density at radius 2 is 2.25 bits per heavy atom. The van der Waals surface area contributed by atoms with Gasteiger partial charge in [0.15, 0.2) is 4.64 Å². The van der Waals surface area contributed by atoms with E-state index in [4.69, 9.17) is 26.7 Å². The van der Waals surface area contributed by atoms with Crippen LogP contribution in [0.25, 0.3) is 11.2 Å². The maximum absolute atomic E-state index is 10.6. The molecule has 0 fully saturated rings. The SMILES string of the molecule is O=P(O)(O)COCC(O)Cn1cnc2c(=S)nc[nH]c21. The van der Waals surface area contributed by atoms with Crippen molar-refractivity contribution < 1.29 is 24.2 Å². The predicted octanol–water partition coefficient (Wildman–Crippen LogP) is 0.00159. The van der Waals surface area contributed by atoms with Crippen LogP contribution in [0.1, 0.15) is 0 Å². The Bertz CT molecular complexity index is 695. The first kappa shape index (κ1) is 15.2. The van der Waals surface area contributed by atoms with Crippen LogP contribution in [0.5, 0.6) is 0 Å². The zero-order valence-electron chi connectivity index (χ0n) is 10.2. The molecule has 2 aromatic heterocycles. The zero-order chi connectivity index (χ0) is 14.8. The lowest BCUT2D eigenvalue weighted by atomic mass is 10.4. The smallest absolute Gasteiger partial charge is 0.350 e. The fourth-order valence-electron chi connectivity index (χ4n) is 1.63. The van der Waals surface area contributed by atoms with Gasteiger partial charge in [-0.15, -0.1) is 0 Å². The summed E-state index contributed by atoms with van der Waals surface area (Å²) in [4.78, 5) is 28.1. The molecule has 0 radical (unpaired) electrons. The Balaban J connectivity index is 2.00. The van der Waals surface area contributed by atoms with Crippen molar-refractivity contribution in [2.75, 3.05) is 13.0 Å². The summed E-state index contributed by atoms with van der Waals surface area (Å²) in [7, 11) is -4.22. The molecule has 0 aromatic carbocycles. The molecule has 4 N–H and O–H groups in total. The summed E-state index contributed by atoms with van der Waals surface area (Å²) >= 11 is 5.01. The van der Waals surface area contributed by atoms with E-state index in [2.05, 4.69) is 15.0 Å². The number of rotatable bonds is 6. The van der Waals surface area contributed by atoms with Crippen LogP contribution in [-0.2, 0) is 15.8 Å². The van der Waals surface area contributed by atoms with Crippen LogP contribution in [0.2, 0.25) is 0 Å². The highest BCUT2D eigenvalue weighted by atomic mass is 32.1. The van der Waals surface area contributed by atoms with Gasteiger partial charge in [-0.2, -0.15) is 0 Å². The molecule has 2 heterocycles. The highest BCUT2D eigenvalue weighted by molar-refractivity contribution is 7.71. The number of nitrogens with one attached hydrogen (secondary N) is 1. The van der Waals surface area contributed by atoms with E-state index in [0.29, 0.717) is 15.8 Å². The topological polar surface area (TPSA) is 133 Å². The molecule has 2 rings (SSSR count). The summed E-state index contributed by atoms with van der Waals surface area (Å²) in [5.41, 5.74) is 1.13. The van der Waals surface area contributed by atoms with Crippen LogP contribution in [0, 0.1) is 4.64 Å². The number of imidazole rings is 1. The average Bonchev–Trinajstić information content (AvgIpc) is 2.72. The van der Waals surface area contributed by atoms with Gasteiger partial charge in [0, 0.05) is 0 Å². The van der Waals surface area contributed by atoms with Gasteiger partial charge in [0.05, 0.1) is 31.9 Å². The molecule has 0 aliphatic heterocycles. The summed E-state index contributed by atoms with van der Waals surface area (Å²) in [6.45, 7) is -0.0520. The number of hydrogen-bond donors (Lipinski definition) is 4. The maximum atomic E-state index is 10.6. The monoisotopic (exact) mass is 320 g/mol. The third-order valence-electron chi connectivity index (χ3n) is 2.40. The fourth-order valence-corrected chi connectivity index (χ4v) is 2.17. The number of ether oxygens (including phenoxy) is 1. The Kier molecular flexibility index (Phi) is 4.63. The number of aromatic nitrogens is 4. The average molecular weight is 320 g/mol. The molecule has 1 atom stereocenters. The molecule has 20 heavy (non-hydrogen) atoms. The first-order valence-electron chi connectivity index (χ1n) is 5.56. The van der Waals surface area contributed by atoms with Crippen molar-refractivity contribution in [3.8, 4) is 0 Å². The van der Waals surface area contributed by atoms with E-state index >= 15 is 0 Å². The van der Waals surface area contributed by atoms with Gasteiger partial charge in [0.1, 0.15) is 17.5 Å². The lowest BCUT2D eigenvalue weighted by Crippen LogP contribution is -2.22. The lowest BCUT2D eigenvalue weighted by molar-refractivity contribution is 0.0413. The molecule has 110 valence electrons. The van der Waals surface area contributed by atoms with Crippen molar-refractivity contribution in [3.63, 3.8) is 0 Å². The van der Waals surface area contributed by atoms with Crippen LogP contribution >= 0.6 is 19.8 Å². The van der Waals surface area contributed by atoms with Crippen LogP contribution in [-0.4, -0.2) is 53.5 Å². The minimum Gasteiger partial charge on any atom is -0.389 e. The number of aromatic amines is 1. The minimum absolute atomic E-state index is 0.146. The van der Waals surface area contributed by atoms with E-state index in [1.165, 1.54) is 12.7 Å². The van der Waals surface area contributed by atoms with Gasteiger partial charge in [-0.05, 0) is 0 Å². The van der Waals surface area contributed by atoms with E-state index in [9.17, 15) is 9.67 Å². The number of hydrogen-bond acceptors (Lipinski definition) is 6. The van der Waals surface area contributed by atoms with Crippen LogP contribution in [0.3, 0.4) is 0 Å². The molecule has 0 bridgehead atoms. The zero-order valence-corrected chi connectivity index (χ0v) is 11.9. The van der Waals surface area contributed by atoms with Gasteiger partial charge >= 0.3 is 7.60 Å². The number of aliphatic hydroxyl groups is 1. The highest BCUT2D eigenvalue weighted by Crippen LogP contribution is 2.33. The van der Waals surface area contributed by atoms with Crippen molar-refractivity contribution in [1.29, 1.82) is 0 Å². The van der Waals surface area contributed by atoms with Gasteiger partial charge in [-0.1, -0.05) is 12.2 Å². The second-order valence-corrected chi connectivity index (χ2v) is 6.09. The molecule has 0 saturated heterocycles. The number of nitrogens with zero attached hydrogens (tertiary/aromatic N) is 3. The van der Waals surface area contributed by atoms with Crippen LogP contribution in [0.4, 0.5) is 0 Å². The first-order valence-corrected chi connectivity index (χ1v) is 7.76. The number of fused-ring (bicyclic) bond motifs is 1. The van der Waals surface area contributed by atoms with Crippen LogP contribution in [0.15, 0.2) is 12.7 Å². The lowest BCUT2D eigenvalue weighted by Gasteiger charge is -2.12. The summed E-state index contributed by atoms with van der Waals surface area (Å²) in [5.74, 6) is 0. The van der Waals surface area contributed by atoms with Gasteiger partial charge < -0.3 is 29.2 Å². The largest absolute Gasteiger partial charge is 0.389 e. The molecule has 0 aliphatic carbocycles. The highest BCUT2D eigenvalue weighted by Gasteiger charge is 2.15. The first-order chi connectivity index (χ1) is 9.37. The number of aliphatic hydroxyl groups excluding tert-OH is 1. The Hall–Kier alpha value is -1.16. The van der Waals surface area contributed by atoms with Gasteiger partial charge in [0.2, 0.25) is 0 Å². The Morgan fingerprint density at radius 1 is 1.50 bits per heavy atom. The third-order valence-corrected chi connectivity index (χ3v) is 3.22. The second-order valence-electron chi connectivity index (χ2n) is 4.12. The minimum atomic E-state index is -4.22. The second kappa shape index (κ2) is 6.08. The summed E-state index contributed by atoms with van der Waals surface area (Å²) in [6.07, 6.45) is 1.26. The molecule has 11 heteroatoms. The standard InChI is InChI=1S/C9H13N4O5PS/c14-6(2-18-5-19(15,16)17)1-13-4-12-7-8(13)10-3-11-9(7)20/h3-4,6,14H,1-2,5H2,(H,10,11,20)(H2,15,16,17). The summed E-state index contributed by atoms with van der Waals surface area (Å²) < 4.78 is 17.3. The summed E-state index contributed by atoms with van der Waals surface area (Å²) in [6, 6.07) is 0. The van der Waals surface area contributed by atoms with Crippen molar-refractivity contribution in [1.82, 2.24) is 19.5 Å². The normalized spacial score (nSPS) is 13.8. The van der Waals surface area contributed by atoms with E-state index in [1.54, 1.807) is 4.57 Å². The summed E-state index contributed by atoms with van der Waals surface area (Å²) in [5, 5.41) is 9.76. The predicted molar refractivity (Wildman–Crippen MR) is 71.6 cm³/mol. The Labute approximate surface area is 118 Å². The molecule has 0 aliphatic rings. The van der Waals surface area contributed by atoms with Crippen molar-refractivity contribution >= 4 is 31.0 Å². The van der Waals surface area contributed by atoms with Crippen LogP contribution < -0.4 is 0 Å². The molecule has 1 unspecified atom stereocenters. The quantitative estimate of drug-likeness (QED) is 0.432. The third kappa shape index (κ3) is 3.92. The fraction of sp³-hybridized carbons (Fsp3) is 0.444. The molecule has 2 aromatic rings. The molecule has 0 saturated carbocycles. The van der Waals surface area contributed by atoms with E-state index in [1.807, 2.05) is 0 Å². The van der Waals surface area contributed by atoms with E-state index in [-0.39, 0.29) is 13.2 Å². The van der Waals surface area contributed by atoms with Crippen molar-refractivity contribution in [2.24, 2.45) is 0 Å². The molecular formula is C9H13N4O5PS. The Morgan fingerprint density at radius 3 is 2.95 bits per heavy atom. The molecule has 9 nitrogen and oxygen atoms in total. The van der Waals surface area contributed by atoms with Gasteiger partial charge in [-0.3, -0.25) is 4.57 Å². The van der Waals surface area contributed by atoms with Crippen molar-refractivity contribution in [2.45, 2.75) is 12.6 Å². The molecule has 0 amide bonds.